The number of methoxy groups -OCH3 is 2. The maximum atomic E-state index is 9.83. The van der Waals surface area contributed by atoms with Gasteiger partial charge in [-0.3, -0.25) is 0 Å². The van der Waals surface area contributed by atoms with E-state index in [2.05, 4.69) is 26.1 Å². The molecular formula is C16H25NO3. The van der Waals surface area contributed by atoms with Crippen molar-refractivity contribution in [3.63, 3.8) is 0 Å². The fourth-order valence-corrected chi connectivity index (χ4v) is 2.75. The maximum Gasteiger partial charge on any atom is 0.123 e. The molecule has 2 rings (SSSR count). The molecule has 0 amide bonds. The van der Waals surface area contributed by atoms with Gasteiger partial charge < -0.3 is 19.9 Å². The highest BCUT2D eigenvalue weighted by molar-refractivity contribution is 5.42. The lowest BCUT2D eigenvalue weighted by molar-refractivity contribution is -0.0755. The van der Waals surface area contributed by atoms with Gasteiger partial charge in [-0.25, -0.2) is 0 Å². The van der Waals surface area contributed by atoms with Gasteiger partial charge in [0, 0.05) is 23.1 Å². The number of hydrogen-bond donors (Lipinski definition) is 2. The third kappa shape index (κ3) is 2.63. The van der Waals surface area contributed by atoms with E-state index >= 15 is 0 Å². The summed E-state index contributed by atoms with van der Waals surface area (Å²) in [5, 5.41) is 13.4. The molecule has 20 heavy (non-hydrogen) atoms. The van der Waals surface area contributed by atoms with Crippen LogP contribution in [0.2, 0.25) is 0 Å². The van der Waals surface area contributed by atoms with E-state index in [9.17, 15) is 5.11 Å². The Morgan fingerprint density at radius 2 is 2.00 bits per heavy atom. The zero-order chi connectivity index (χ0) is 14.9. The van der Waals surface area contributed by atoms with Crippen LogP contribution in [0.4, 0.5) is 0 Å². The van der Waals surface area contributed by atoms with Crippen LogP contribution < -0.4 is 14.8 Å². The van der Waals surface area contributed by atoms with Crippen molar-refractivity contribution in [2.24, 2.45) is 5.41 Å². The molecule has 3 atom stereocenters. The van der Waals surface area contributed by atoms with E-state index in [0.29, 0.717) is 6.04 Å². The van der Waals surface area contributed by atoms with Gasteiger partial charge in [-0.1, -0.05) is 13.8 Å². The second-order valence-corrected chi connectivity index (χ2v) is 6.12. The van der Waals surface area contributed by atoms with Crippen molar-refractivity contribution in [1.82, 2.24) is 5.32 Å². The highest BCUT2D eigenvalue weighted by Gasteiger charge is 2.47. The first-order chi connectivity index (χ1) is 9.40. The molecule has 0 saturated heterocycles. The molecule has 3 unspecified atom stereocenters. The molecule has 2 N–H and O–H groups in total. The first kappa shape index (κ1) is 15.1. The van der Waals surface area contributed by atoms with E-state index in [0.717, 1.165) is 23.5 Å². The Morgan fingerprint density at radius 1 is 1.30 bits per heavy atom. The summed E-state index contributed by atoms with van der Waals surface area (Å²) >= 11 is 0. The van der Waals surface area contributed by atoms with E-state index in [1.165, 1.54) is 0 Å². The van der Waals surface area contributed by atoms with E-state index in [1.54, 1.807) is 14.2 Å². The average molecular weight is 279 g/mol. The van der Waals surface area contributed by atoms with Gasteiger partial charge in [-0.05, 0) is 31.5 Å². The summed E-state index contributed by atoms with van der Waals surface area (Å²) in [6.45, 7) is 6.29. The standard InChI is InChI=1S/C16H25NO3/c1-10(17-14-9-15(18)16(14,2)3)12-8-11(19-4)6-7-13(12)20-5/h6-8,10,14-15,17-18H,9H2,1-5H3. The molecule has 0 aliphatic heterocycles. The van der Waals surface area contributed by atoms with Gasteiger partial charge in [0.15, 0.2) is 0 Å². The lowest BCUT2D eigenvalue weighted by atomic mass is 9.64. The smallest absolute Gasteiger partial charge is 0.123 e. The quantitative estimate of drug-likeness (QED) is 0.869. The third-order valence-corrected chi connectivity index (χ3v) is 4.57. The van der Waals surface area contributed by atoms with Gasteiger partial charge in [0.25, 0.3) is 0 Å². The van der Waals surface area contributed by atoms with Crippen LogP contribution in [-0.2, 0) is 0 Å². The molecule has 1 aromatic rings. The monoisotopic (exact) mass is 279 g/mol. The van der Waals surface area contributed by atoms with E-state index < -0.39 is 0 Å². The summed E-state index contributed by atoms with van der Waals surface area (Å²) in [6, 6.07) is 6.26. The normalized spacial score (nSPS) is 25.7. The summed E-state index contributed by atoms with van der Waals surface area (Å²) < 4.78 is 10.7. The van der Waals surface area contributed by atoms with Gasteiger partial charge in [0.1, 0.15) is 11.5 Å². The molecule has 1 aliphatic rings. The number of aliphatic hydroxyl groups excluding tert-OH is 1. The molecule has 4 heteroatoms. The minimum absolute atomic E-state index is 0.0830. The fraction of sp³-hybridized carbons (Fsp3) is 0.625. The molecular weight excluding hydrogens is 254 g/mol. The van der Waals surface area contributed by atoms with Crippen molar-refractivity contribution in [3.8, 4) is 11.5 Å². The van der Waals surface area contributed by atoms with Crippen molar-refractivity contribution in [1.29, 1.82) is 0 Å². The van der Waals surface area contributed by atoms with Crippen LogP contribution in [0.3, 0.4) is 0 Å². The predicted molar refractivity (Wildman–Crippen MR) is 79.3 cm³/mol. The predicted octanol–water partition coefficient (Wildman–Crippen LogP) is 2.51. The first-order valence-corrected chi connectivity index (χ1v) is 7.06. The summed E-state index contributed by atoms with van der Waals surface area (Å²) in [7, 11) is 3.34. The molecule has 0 spiro atoms. The Morgan fingerprint density at radius 3 is 2.50 bits per heavy atom. The molecule has 0 aromatic heterocycles. The number of benzene rings is 1. The van der Waals surface area contributed by atoms with Crippen LogP contribution in [0.1, 0.15) is 38.8 Å². The maximum absolute atomic E-state index is 9.83. The van der Waals surface area contributed by atoms with E-state index in [4.69, 9.17) is 9.47 Å². The van der Waals surface area contributed by atoms with E-state index in [-0.39, 0.29) is 17.6 Å². The van der Waals surface area contributed by atoms with Crippen LogP contribution in [0.15, 0.2) is 18.2 Å². The molecule has 1 fully saturated rings. The van der Waals surface area contributed by atoms with Crippen molar-refractivity contribution in [2.45, 2.75) is 45.4 Å². The SMILES string of the molecule is COc1ccc(OC)c(C(C)NC2CC(O)C2(C)C)c1. The number of hydrogen-bond acceptors (Lipinski definition) is 4. The van der Waals surface area contributed by atoms with Crippen LogP contribution >= 0.6 is 0 Å². The summed E-state index contributed by atoms with van der Waals surface area (Å²) in [5.41, 5.74) is 0.990. The molecule has 1 aromatic carbocycles. The van der Waals surface area contributed by atoms with Gasteiger partial charge in [-0.2, -0.15) is 0 Å². The Labute approximate surface area is 121 Å². The van der Waals surface area contributed by atoms with Crippen LogP contribution in [0.25, 0.3) is 0 Å². The topological polar surface area (TPSA) is 50.7 Å². The van der Waals surface area contributed by atoms with Crippen LogP contribution in [0.5, 0.6) is 11.5 Å². The van der Waals surface area contributed by atoms with Gasteiger partial charge in [-0.15, -0.1) is 0 Å². The molecule has 0 bridgehead atoms. The van der Waals surface area contributed by atoms with Crippen molar-refractivity contribution in [2.75, 3.05) is 14.2 Å². The first-order valence-electron chi connectivity index (χ1n) is 7.06. The number of aliphatic hydroxyl groups is 1. The van der Waals surface area contributed by atoms with Crippen molar-refractivity contribution in [3.05, 3.63) is 23.8 Å². The molecule has 1 saturated carbocycles. The van der Waals surface area contributed by atoms with Crippen LogP contribution in [-0.4, -0.2) is 31.5 Å². The Kier molecular flexibility index (Phi) is 4.25. The lowest BCUT2D eigenvalue weighted by Gasteiger charge is -2.50. The Bertz CT molecular complexity index is 473. The number of ether oxygens (including phenoxy) is 2. The van der Waals surface area contributed by atoms with Crippen LogP contribution in [0, 0.1) is 5.41 Å². The lowest BCUT2D eigenvalue weighted by Crippen LogP contribution is -2.60. The molecule has 0 heterocycles. The zero-order valence-corrected chi connectivity index (χ0v) is 12.9. The highest BCUT2D eigenvalue weighted by atomic mass is 16.5. The fourth-order valence-electron chi connectivity index (χ4n) is 2.75. The Hall–Kier alpha value is -1.26. The highest BCUT2D eigenvalue weighted by Crippen LogP contribution is 2.42. The Balaban J connectivity index is 2.14. The van der Waals surface area contributed by atoms with Gasteiger partial charge in [0.05, 0.1) is 20.3 Å². The average Bonchev–Trinajstić information content (AvgIpc) is 2.46. The number of rotatable bonds is 5. The second kappa shape index (κ2) is 5.62. The summed E-state index contributed by atoms with van der Waals surface area (Å²) in [6.07, 6.45) is 0.572. The molecule has 1 aliphatic carbocycles. The largest absolute Gasteiger partial charge is 0.497 e. The number of nitrogens with one attached hydrogen (secondary N) is 1. The minimum atomic E-state index is -0.223. The third-order valence-electron chi connectivity index (χ3n) is 4.57. The molecule has 112 valence electrons. The summed E-state index contributed by atoms with van der Waals surface area (Å²) in [4.78, 5) is 0. The second-order valence-electron chi connectivity index (χ2n) is 6.12. The molecule has 0 radical (unpaired) electrons. The van der Waals surface area contributed by atoms with Crippen molar-refractivity contribution >= 4 is 0 Å². The molecule has 4 nitrogen and oxygen atoms in total. The van der Waals surface area contributed by atoms with E-state index in [1.807, 2.05) is 18.2 Å². The summed E-state index contributed by atoms with van der Waals surface area (Å²) in [5.74, 6) is 1.67. The minimum Gasteiger partial charge on any atom is -0.497 e. The van der Waals surface area contributed by atoms with Crippen molar-refractivity contribution < 1.29 is 14.6 Å². The zero-order valence-electron chi connectivity index (χ0n) is 12.9. The van der Waals surface area contributed by atoms with Gasteiger partial charge >= 0.3 is 0 Å². The van der Waals surface area contributed by atoms with Gasteiger partial charge in [0.2, 0.25) is 0 Å².